The average molecular weight is 761 g/mol. The fraction of sp³-hybridized carbons (Fsp3) is 0.854. The van der Waals surface area contributed by atoms with Gasteiger partial charge in [-0.3, -0.25) is 14.4 Å². The second-order valence-electron chi connectivity index (χ2n) is 15.7. The average Bonchev–Trinajstić information content (AvgIpc) is 3.17. The topological polar surface area (TPSA) is 78.9 Å². The summed E-state index contributed by atoms with van der Waals surface area (Å²) in [6, 6.07) is 0. The van der Waals surface area contributed by atoms with Gasteiger partial charge in [0.2, 0.25) is 0 Å². The molecule has 1 atom stereocenters. The van der Waals surface area contributed by atoms with Gasteiger partial charge in [0, 0.05) is 19.3 Å². The smallest absolute Gasteiger partial charge is 0.306 e. The first kappa shape index (κ1) is 51.9. The standard InChI is InChI=1S/C48H88O6/c1-4-7-10-13-15-17-19-21-23-24-25-27-28-30-32-35-38-41-47(50)53-44-45(43-52-46(49)40-37-34-12-9-6-3)54-48(51)42-39-36-33-31-29-26-22-20-18-16-14-11-8-5-2/h14,16,20,22,45H,4-13,15,17-19,21,23-44H2,1-3H3/b16-14-,22-20-. The van der Waals surface area contributed by atoms with Crippen LogP contribution < -0.4 is 0 Å². The molecule has 0 saturated heterocycles. The molecule has 0 amide bonds. The van der Waals surface area contributed by atoms with Gasteiger partial charge in [-0.25, -0.2) is 0 Å². The van der Waals surface area contributed by atoms with Crippen molar-refractivity contribution in [2.24, 2.45) is 0 Å². The highest BCUT2D eigenvalue weighted by molar-refractivity contribution is 5.71. The molecule has 0 aromatic carbocycles. The van der Waals surface area contributed by atoms with Gasteiger partial charge in [-0.15, -0.1) is 0 Å². The van der Waals surface area contributed by atoms with Gasteiger partial charge in [0.25, 0.3) is 0 Å². The second kappa shape index (κ2) is 43.6. The Labute approximate surface area is 334 Å². The third kappa shape index (κ3) is 41.1. The summed E-state index contributed by atoms with van der Waals surface area (Å²) in [7, 11) is 0. The Balaban J connectivity index is 4.19. The number of esters is 3. The van der Waals surface area contributed by atoms with E-state index in [0.717, 1.165) is 89.9 Å². The molecule has 0 heterocycles. The van der Waals surface area contributed by atoms with Crippen molar-refractivity contribution in [1.82, 2.24) is 0 Å². The van der Waals surface area contributed by atoms with E-state index in [1.807, 2.05) is 0 Å². The zero-order valence-electron chi connectivity index (χ0n) is 36.0. The van der Waals surface area contributed by atoms with E-state index in [4.69, 9.17) is 14.2 Å². The molecule has 1 unspecified atom stereocenters. The van der Waals surface area contributed by atoms with Crippen LogP contribution in [0.1, 0.15) is 245 Å². The highest BCUT2D eigenvalue weighted by Gasteiger charge is 2.19. The third-order valence-corrected chi connectivity index (χ3v) is 10.2. The minimum atomic E-state index is -0.769. The van der Waals surface area contributed by atoms with Crippen molar-refractivity contribution in [3.63, 3.8) is 0 Å². The Hall–Kier alpha value is -2.11. The number of rotatable bonds is 42. The van der Waals surface area contributed by atoms with Crippen molar-refractivity contribution in [1.29, 1.82) is 0 Å². The SMILES string of the molecule is CCCC/C=C\C/C=C\CCCCCCCC(=O)OC(COC(=O)CCCCCCC)COC(=O)CCCCCCCCCCCCCCCCCCC. The molecule has 0 aromatic rings. The summed E-state index contributed by atoms with van der Waals surface area (Å²) in [5, 5.41) is 0. The first-order valence-electron chi connectivity index (χ1n) is 23.3. The zero-order chi connectivity index (χ0) is 39.4. The lowest BCUT2D eigenvalue weighted by molar-refractivity contribution is -0.167. The summed E-state index contributed by atoms with van der Waals surface area (Å²) in [6.07, 6.45) is 47.6. The molecule has 0 aliphatic carbocycles. The Kier molecular flexibility index (Phi) is 41.9. The quantitative estimate of drug-likeness (QED) is 0.0267. The van der Waals surface area contributed by atoms with Gasteiger partial charge in [0.15, 0.2) is 6.10 Å². The minimum Gasteiger partial charge on any atom is -0.462 e. The van der Waals surface area contributed by atoms with Crippen molar-refractivity contribution in [2.45, 2.75) is 252 Å². The van der Waals surface area contributed by atoms with Crippen LogP contribution >= 0.6 is 0 Å². The van der Waals surface area contributed by atoms with Crippen molar-refractivity contribution < 1.29 is 28.6 Å². The molecular weight excluding hydrogens is 673 g/mol. The van der Waals surface area contributed by atoms with Crippen molar-refractivity contribution in [3.8, 4) is 0 Å². The predicted molar refractivity (Wildman–Crippen MR) is 229 cm³/mol. The van der Waals surface area contributed by atoms with Crippen LogP contribution in [0.2, 0.25) is 0 Å². The molecule has 0 N–H and O–H groups in total. The number of carbonyl (C=O) groups excluding carboxylic acids is 3. The molecule has 0 saturated carbocycles. The Bertz CT molecular complexity index is 880. The van der Waals surface area contributed by atoms with Crippen LogP contribution in [0.25, 0.3) is 0 Å². The lowest BCUT2D eigenvalue weighted by Gasteiger charge is -2.18. The van der Waals surface area contributed by atoms with Crippen LogP contribution in [-0.4, -0.2) is 37.2 Å². The normalized spacial score (nSPS) is 12.1. The summed E-state index contributed by atoms with van der Waals surface area (Å²) in [5.41, 5.74) is 0. The summed E-state index contributed by atoms with van der Waals surface area (Å²) in [4.78, 5) is 37.5. The molecule has 316 valence electrons. The van der Waals surface area contributed by atoms with Crippen LogP contribution in [0.4, 0.5) is 0 Å². The maximum atomic E-state index is 12.7. The van der Waals surface area contributed by atoms with E-state index in [-0.39, 0.29) is 31.1 Å². The first-order chi connectivity index (χ1) is 26.5. The number of carbonyl (C=O) groups is 3. The van der Waals surface area contributed by atoms with Gasteiger partial charge in [-0.05, 0) is 44.9 Å². The molecule has 54 heavy (non-hydrogen) atoms. The molecule has 6 heteroatoms. The molecular formula is C48H88O6. The zero-order valence-corrected chi connectivity index (χ0v) is 36.0. The summed E-state index contributed by atoms with van der Waals surface area (Å²) < 4.78 is 16.6. The molecule has 0 radical (unpaired) electrons. The maximum Gasteiger partial charge on any atom is 0.306 e. The van der Waals surface area contributed by atoms with Crippen LogP contribution in [-0.2, 0) is 28.6 Å². The summed E-state index contributed by atoms with van der Waals surface area (Å²) in [6.45, 7) is 6.51. The number of hydrogen-bond donors (Lipinski definition) is 0. The third-order valence-electron chi connectivity index (χ3n) is 10.2. The fourth-order valence-corrected chi connectivity index (χ4v) is 6.63. The monoisotopic (exact) mass is 761 g/mol. The van der Waals surface area contributed by atoms with Gasteiger partial charge < -0.3 is 14.2 Å². The molecule has 0 aliphatic heterocycles. The van der Waals surface area contributed by atoms with Crippen LogP contribution in [0.3, 0.4) is 0 Å². The number of hydrogen-bond acceptors (Lipinski definition) is 6. The second-order valence-corrected chi connectivity index (χ2v) is 15.7. The lowest BCUT2D eigenvalue weighted by atomic mass is 10.0. The van der Waals surface area contributed by atoms with Gasteiger partial charge in [-0.1, -0.05) is 206 Å². The number of ether oxygens (including phenoxy) is 3. The van der Waals surface area contributed by atoms with E-state index in [9.17, 15) is 14.4 Å². The molecule has 0 aromatic heterocycles. The van der Waals surface area contributed by atoms with Crippen LogP contribution in [0, 0.1) is 0 Å². The van der Waals surface area contributed by atoms with Crippen molar-refractivity contribution in [3.05, 3.63) is 24.3 Å². The molecule has 0 spiro atoms. The van der Waals surface area contributed by atoms with Crippen molar-refractivity contribution >= 4 is 17.9 Å². The number of allylic oxidation sites excluding steroid dienone is 4. The van der Waals surface area contributed by atoms with E-state index in [2.05, 4.69) is 45.1 Å². The van der Waals surface area contributed by atoms with Gasteiger partial charge in [0.1, 0.15) is 13.2 Å². The van der Waals surface area contributed by atoms with Crippen LogP contribution in [0.15, 0.2) is 24.3 Å². The Morgan fingerprint density at radius 1 is 0.370 bits per heavy atom. The highest BCUT2D eigenvalue weighted by Crippen LogP contribution is 2.15. The molecule has 0 bridgehead atoms. The fourth-order valence-electron chi connectivity index (χ4n) is 6.63. The van der Waals surface area contributed by atoms with Gasteiger partial charge in [0.05, 0.1) is 0 Å². The van der Waals surface area contributed by atoms with E-state index in [1.165, 1.54) is 116 Å². The van der Waals surface area contributed by atoms with Gasteiger partial charge >= 0.3 is 17.9 Å². The van der Waals surface area contributed by atoms with Gasteiger partial charge in [-0.2, -0.15) is 0 Å². The van der Waals surface area contributed by atoms with E-state index >= 15 is 0 Å². The summed E-state index contributed by atoms with van der Waals surface area (Å²) in [5.74, 6) is -0.895. The summed E-state index contributed by atoms with van der Waals surface area (Å²) >= 11 is 0. The Morgan fingerprint density at radius 3 is 1.07 bits per heavy atom. The van der Waals surface area contributed by atoms with Crippen molar-refractivity contribution in [2.75, 3.05) is 13.2 Å². The number of unbranched alkanes of at least 4 members (excludes halogenated alkanes) is 27. The molecule has 0 fully saturated rings. The van der Waals surface area contributed by atoms with E-state index in [0.29, 0.717) is 19.3 Å². The maximum absolute atomic E-state index is 12.7. The van der Waals surface area contributed by atoms with Crippen LogP contribution in [0.5, 0.6) is 0 Å². The first-order valence-corrected chi connectivity index (χ1v) is 23.3. The predicted octanol–water partition coefficient (Wildman–Crippen LogP) is 14.8. The Morgan fingerprint density at radius 2 is 0.685 bits per heavy atom. The van der Waals surface area contributed by atoms with E-state index in [1.54, 1.807) is 0 Å². The lowest BCUT2D eigenvalue weighted by Crippen LogP contribution is -2.30. The van der Waals surface area contributed by atoms with E-state index < -0.39 is 6.10 Å². The largest absolute Gasteiger partial charge is 0.462 e. The minimum absolute atomic E-state index is 0.0740. The molecule has 0 rings (SSSR count). The highest BCUT2D eigenvalue weighted by atomic mass is 16.6. The molecule has 6 nitrogen and oxygen atoms in total. The molecule has 0 aliphatic rings.